The molecule has 146 valence electrons. The minimum atomic E-state index is -0.375. The van der Waals surface area contributed by atoms with Gasteiger partial charge in [0.2, 0.25) is 11.8 Å². The average molecular weight is 391 g/mol. The molecule has 4 heterocycles. The van der Waals surface area contributed by atoms with Gasteiger partial charge < -0.3 is 14.7 Å². The van der Waals surface area contributed by atoms with Gasteiger partial charge in [-0.2, -0.15) is 5.26 Å². The summed E-state index contributed by atoms with van der Waals surface area (Å²) in [5, 5.41) is 21.6. The van der Waals surface area contributed by atoms with Crippen molar-refractivity contribution in [2.75, 3.05) is 20.3 Å². The zero-order valence-electron chi connectivity index (χ0n) is 15.6. The van der Waals surface area contributed by atoms with Gasteiger partial charge >= 0.3 is 5.69 Å². The van der Waals surface area contributed by atoms with Crippen LogP contribution >= 0.6 is 0 Å². The van der Waals surface area contributed by atoms with Gasteiger partial charge in [-0.3, -0.25) is 9.36 Å². The number of benzene rings is 1. The van der Waals surface area contributed by atoms with Gasteiger partial charge in [0.05, 0.1) is 24.0 Å². The van der Waals surface area contributed by atoms with E-state index < -0.39 is 0 Å². The van der Waals surface area contributed by atoms with Gasteiger partial charge in [0.15, 0.2) is 0 Å². The number of hydrogen-bond donors (Lipinski definition) is 1. The molecule has 1 saturated heterocycles. The number of pyridine rings is 1. The van der Waals surface area contributed by atoms with E-state index in [-0.39, 0.29) is 41.9 Å². The molecule has 0 saturated carbocycles. The number of imidazole rings is 1. The van der Waals surface area contributed by atoms with Crippen molar-refractivity contribution in [1.82, 2.24) is 19.0 Å². The Balaban J connectivity index is 1.70. The molecule has 3 aromatic rings. The van der Waals surface area contributed by atoms with E-state index in [1.165, 1.54) is 17.9 Å². The lowest BCUT2D eigenvalue weighted by molar-refractivity contribution is -0.136. The van der Waals surface area contributed by atoms with Crippen molar-refractivity contribution < 1.29 is 14.6 Å². The number of nitriles is 1. The maximum Gasteiger partial charge on any atom is 0.336 e. The summed E-state index contributed by atoms with van der Waals surface area (Å²) in [6.07, 6.45) is 2.02. The number of fused-ring (bicyclic) bond motifs is 6. The Morgan fingerprint density at radius 1 is 1.38 bits per heavy atom. The number of carbonyl (C=O) groups is 1. The molecular formula is C20H17N5O4. The van der Waals surface area contributed by atoms with Crippen LogP contribution in [-0.4, -0.2) is 50.3 Å². The van der Waals surface area contributed by atoms with Gasteiger partial charge in [-0.1, -0.05) is 24.3 Å². The lowest BCUT2D eigenvalue weighted by Gasteiger charge is -2.27. The number of nitrogens with zero attached hydrogens (tertiary/aromatic N) is 5. The molecule has 2 atom stereocenters. The first kappa shape index (κ1) is 17.5. The second-order valence-corrected chi connectivity index (χ2v) is 7.23. The van der Waals surface area contributed by atoms with Crippen LogP contribution in [0.15, 0.2) is 35.3 Å². The van der Waals surface area contributed by atoms with E-state index in [0.29, 0.717) is 35.1 Å². The zero-order valence-corrected chi connectivity index (χ0v) is 15.6. The molecule has 0 radical (unpaired) electrons. The Kier molecular flexibility index (Phi) is 3.72. The minimum Gasteiger partial charge on any atom is -0.493 e. The van der Waals surface area contributed by atoms with Gasteiger partial charge in [0.1, 0.15) is 24.1 Å². The highest BCUT2D eigenvalue weighted by Gasteiger charge is 2.49. The molecule has 1 aromatic carbocycles. The molecule has 1 unspecified atom stereocenters. The topological polar surface area (TPSA) is 113 Å². The SMILES string of the molecule is COCC(=O)N1C[C@H]2CC1c1c(O)n(-c3cnc(C#N)c4ccccc34)c(=O)n12. The quantitative estimate of drug-likeness (QED) is 0.719. The number of aromatic hydroxyl groups is 1. The largest absolute Gasteiger partial charge is 0.493 e. The average Bonchev–Trinajstić information content (AvgIpc) is 3.39. The number of hydrogen-bond acceptors (Lipinski definition) is 6. The Labute approximate surface area is 165 Å². The first-order chi connectivity index (χ1) is 14.1. The summed E-state index contributed by atoms with van der Waals surface area (Å²) in [7, 11) is 1.46. The molecule has 9 heteroatoms. The maximum absolute atomic E-state index is 13.2. The van der Waals surface area contributed by atoms with Crippen LogP contribution in [0.4, 0.5) is 0 Å². The summed E-state index contributed by atoms with van der Waals surface area (Å²) in [6, 6.07) is 8.62. The number of likely N-dealkylation sites (tertiary alicyclic amines) is 1. The van der Waals surface area contributed by atoms with Crippen LogP contribution in [0.25, 0.3) is 16.5 Å². The molecule has 0 aliphatic carbocycles. The Morgan fingerprint density at radius 3 is 2.86 bits per heavy atom. The highest BCUT2D eigenvalue weighted by molar-refractivity contribution is 5.93. The summed E-state index contributed by atoms with van der Waals surface area (Å²) >= 11 is 0. The van der Waals surface area contributed by atoms with Gasteiger partial charge in [-0.15, -0.1) is 0 Å². The molecular weight excluding hydrogens is 374 g/mol. The van der Waals surface area contributed by atoms with E-state index in [2.05, 4.69) is 4.98 Å². The molecule has 1 fully saturated rings. The van der Waals surface area contributed by atoms with Crippen LogP contribution in [0, 0.1) is 11.3 Å². The van der Waals surface area contributed by atoms with Crippen LogP contribution < -0.4 is 5.69 Å². The number of rotatable bonds is 3. The van der Waals surface area contributed by atoms with Crippen molar-refractivity contribution in [3.05, 3.63) is 52.3 Å². The molecule has 2 bridgehead atoms. The molecule has 1 N–H and O–H groups in total. The van der Waals surface area contributed by atoms with E-state index in [0.717, 1.165) is 0 Å². The van der Waals surface area contributed by atoms with Crippen molar-refractivity contribution in [3.8, 4) is 17.6 Å². The fraction of sp³-hybridized carbons (Fsp3) is 0.300. The van der Waals surface area contributed by atoms with Crippen LogP contribution in [-0.2, 0) is 9.53 Å². The Bertz CT molecular complexity index is 1270. The monoisotopic (exact) mass is 391 g/mol. The minimum absolute atomic E-state index is 0.0426. The standard InChI is InChI=1S/C20H17N5O4/c1-29-10-17(26)23-9-11-6-15(23)18-19(27)25(20(28)24(11)18)16-8-22-14(7-21)12-4-2-3-5-13(12)16/h2-5,8,11,15,27H,6,9-10H2,1H3/t11-,15?/m1/s1. The number of carbonyl (C=O) groups excluding carboxylic acids is 1. The fourth-order valence-electron chi connectivity index (χ4n) is 4.59. The lowest BCUT2D eigenvalue weighted by Crippen LogP contribution is -2.39. The van der Waals surface area contributed by atoms with Crippen molar-refractivity contribution >= 4 is 16.7 Å². The third-order valence-electron chi connectivity index (χ3n) is 5.77. The van der Waals surface area contributed by atoms with E-state index in [1.54, 1.807) is 33.7 Å². The lowest BCUT2D eigenvalue weighted by atomic mass is 10.1. The number of methoxy groups -OCH3 is 1. The van der Waals surface area contributed by atoms with E-state index >= 15 is 0 Å². The zero-order chi connectivity index (χ0) is 20.3. The summed E-state index contributed by atoms with van der Waals surface area (Å²) < 4.78 is 7.74. The normalized spacial score (nSPS) is 19.5. The number of aromatic nitrogens is 3. The first-order valence-electron chi connectivity index (χ1n) is 9.19. The van der Waals surface area contributed by atoms with Crippen LogP contribution in [0.1, 0.15) is 29.9 Å². The maximum atomic E-state index is 13.2. The molecule has 1 amide bonds. The fourth-order valence-corrected chi connectivity index (χ4v) is 4.59. The van der Waals surface area contributed by atoms with Gasteiger partial charge in [0.25, 0.3) is 0 Å². The van der Waals surface area contributed by atoms with Crippen molar-refractivity contribution in [1.29, 1.82) is 5.26 Å². The van der Waals surface area contributed by atoms with Crippen LogP contribution in [0.3, 0.4) is 0 Å². The predicted molar refractivity (Wildman–Crippen MR) is 102 cm³/mol. The third kappa shape index (κ3) is 2.26. The molecule has 2 aliphatic heterocycles. The Hall–Kier alpha value is -3.64. The second-order valence-electron chi connectivity index (χ2n) is 7.23. The molecule has 2 aliphatic rings. The summed E-state index contributed by atoms with van der Waals surface area (Å²) in [4.78, 5) is 31.4. The first-order valence-corrected chi connectivity index (χ1v) is 9.19. The Morgan fingerprint density at radius 2 is 2.14 bits per heavy atom. The second kappa shape index (κ2) is 6.18. The smallest absolute Gasteiger partial charge is 0.336 e. The molecule has 2 aromatic heterocycles. The third-order valence-corrected chi connectivity index (χ3v) is 5.77. The van der Waals surface area contributed by atoms with Gasteiger partial charge in [-0.25, -0.2) is 14.3 Å². The highest BCUT2D eigenvalue weighted by Crippen LogP contribution is 2.48. The number of ether oxygens (including phenoxy) is 1. The number of amides is 1. The van der Waals surface area contributed by atoms with E-state index in [1.807, 2.05) is 6.07 Å². The molecule has 0 spiro atoms. The molecule has 9 nitrogen and oxygen atoms in total. The van der Waals surface area contributed by atoms with E-state index in [4.69, 9.17) is 4.74 Å². The van der Waals surface area contributed by atoms with Crippen molar-refractivity contribution in [3.63, 3.8) is 0 Å². The van der Waals surface area contributed by atoms with Crippen LogP contribution in [0.5, 0.6) is 5.88 Å². The van der Waals surface area contributed by atoms with Crippen LogP contribution in [0.2, 0.25) is 0 Å². The van der Waals surface area contributed by atoms with Crippen molar-refractivity contribution in [2.24, 2.45) is 0 Å². The van der Waals surface area contributed by atoms with Crippen molar-refractivity contribution in [2.45, 2.75) is 18.5 Å². The summed E-state index contributed by atoms with van der Waals surface area (Å²) in [5.74, 6) is -0.370. The molecule has 5 rings (SSSR count). The van der Waals surface area contributed by atoms with Gasteiger partial charge in [-0.05, 0) is 6.42 Å². The summed E-state index contributed by atoms with van der Waals surface area (Å²) in [5.41, 5.74) is 0.711. The predicted octanol–water partition coefficient (Wildman–Crippen LogP) is 1.24. The molecule has 29 heavy (non-hydrogen) atoms. The van der Waals surface area contributed by atoms with Gasteiger partial charge in [0, 0.05) is 24.4 Å². The van der Waals surface area contributed by atoms with E-state index in [9.17, 15) is 20.0 Å². The highest BCUT2D eigenvalue weighted by atomic mass is 16.5. The summed E-state index contributed by atoms with van der Waals surface area (Å²) in [6.45, 7) is 0.370.